The van der Waals surface area contributed by atoms with Gasteiger partial charge in [0.1, 0.15) is 0 Å². The van der Waals surface area contributed by atoms with Crippen molar-refractivity contribution >= 4 is 5.71 Å². The van der Waals surface area contributed by atoms with Crippen LogP contribution in [0.15, 0.2) is 47.6 Å². The first-order chi connectivity index (χ1) is 7.24. The van der Waals surface area contributed by atoms with Crippen molar-refractivity contribution in [2.45, 2.75) is 13.8 Å². The third-order valence-electron chi connectivity index (χ3n) is 2.26. The highest BCUT2D eigenvalue weighted by Crippen LogP contribution is 2.12. The van der Waals surface area contributed by atoms with Crippen LogP contribution in [0, 0.1) is 6.92 Å². The van der Waals surface area contributed by atoms with E-state index >= 15 is 0 Å². The van der Waals surface area contributed by atoms with E-state index in [4.69, 9.17) is 0 Å². The fourth-order valence-electron chi connectivity index (χ4n) is 1.46. The zero-order valence-corrected chi connectivity index (χ0v) is 9.49. The first-order valence-corrected chi connectivity index (χ1v) is 4.92. The average Bonchev–Trinajstić information content (AvgIpc) is 2.27. The topological polar surface area (TPSA) is 25.2 Å². The smallest absolute Gasteiger partial charge is 0.0916 e. The lowest BCUT2D eigenvalue weighted by molar-refractivity contribution is 1.22. The van der Waals surface area contributed by atoms with Gasteiger partial charge < -0.3 is 0 Å². The molecule has 0 aromatic carbocycles. The van der Waals surface area contributed by atoms with E-state index < -0.39 is 0 Å². The normalized spacial score (nSPS) is 12.7. The van der Waals surface area contributed by atoms with Crippen molar-refractivity contribution in [1.82, 2.24) is 4.98 Å². The minimum Gasteiger partial charge on any atom is -0.286 e. The summed E-state index contributed by atoms with van der Waals surface area (Å²) in [6.45, 7) is 7.78. The molecule has 0 saturated heterocycles. The number of pyridine rings is 1. The summed E-state index contributed by atoms with van der Waals surface area (Å²) in [4.78, 5) is 8.62. The van der Waals surface area contributed by atoms with Crippen LogP contribution in [0.3, 0.4) is 0 Å². The predicted octanol–water partition coefficient (Wildman–Crippen LogP) is 2.94. The zero-order chi connectivity index (χ0) is 11.3. The van der Waals surface area contributed by atoms with Gasteiger partial charge in [-0.05, 0) is 31.1 Å². The van der Waals surface area contributed by atoms with Gasteiger partial charge >= 0.3 is 0 Å². The Kier molecular flexibility index (Phi) is 3.98. The molecule has 0 unspecified atom stereocenters. The number of allylic oxidation sites excluding steroid dienone is 3. The van der Waals surface area contributed by atoms with Crippen molar-refractivity contribution in [3.8, 4) is 0 Å². The van der Waals surface area contributed by atoms with Gasteiger partial charge in [-0.15, -0.1) is 0 Å². The van der Waals surface area contributed by atoms with Gasteiger partial charge in [-0.2, -0.15) is 0 Å². The van der Waals surface area contributed by atoms with Gasteiger partial charge in [-0.1, -0.05) is 24.8 Å². The van der Waals surface area contributed by atoms with Gasteiger partial charge in [-0.25, -0.2) is 0 Å². The van der Waals surface area contributed by atoms with Crippen LogP contribution >= 0.6 is 0 Å². The summed E-state index contributed by atoms with van der Waals surface area (Å²) < 4.78 is 0. The summed E-state index contributed by atoms with van der Waals surface area (Å²) in [5.74, 6) is 0. The summed E-state index contributed by atoms with van der Waals surface area (Å²) in [6.07, 6.45) is 5.57. The molecule has 1 rings (SSSR count). The van der Waals surface area contributed by atoms with E-state index in [9.17, 15) is 0 Å². The van der Waals surface area contributed by atoms with E-state index in [-0.39, 0.29) is 0 Å². The molecule has 0 radical (unpaired) electrons. The van der Waals surface area contributed by atoms with Gasteiger partial charge in [0.05, 0.1) is 11.4 Å². The van der Waals surface area contributed by atoms with E-state index in [0.29, 0.717) is 0 Å². The lowest BCUT2D eigenvalue weighted by Crippen LogP contribution is -2.07. The second-order valence-corrected chi connectivity index (χ2v) is 3.19. The summed E-state index contributed by atoms with van der Waals surface area (Å²) in [7, 11) is 1.77. The summed E-state index contributed by atoms with van der Waals surface area (Å²) in [5, 5.41) is 0. The second kappa shape index (κ2) is 5.25. The number of hydrogen-bond donors (Lipinski definition) is 0. The Bertz CT molecular complexity index is 414. The van der Waals surface area contributed by atoms with E-state index in [0.717, 1.165) is 22.5 Å². The van der Waals surface area contributed by atoms with Gasteiger partial charge in [0, 0.05) is 13.2 Å². The van der Waals surface area contributed by atoms with Gasteiger partial charge in [0.2, 0.25) is 0 Å². The maximum atomic E-state index is 4.35. The van der Waals surface area contributed by atoms with E-state index in [1.54, 1.807) is 19.3 Å². The molecule has 0 atom stereocenters. The van der Waals surface area contributed by atoms with E-state index in [1.807, 2.05) is 32.1 Å². The molecule has 0 aliphatic heterocycles. The fourth-order valence-corrected chi connectivity index (χ4v) is 1.46. The summed E-state index contributed by atoms with van der Waals surface area (Å²) in [5.41, 5.74) is 3.96. The van der Waals surface area contributed by atoms with Gasteiger partial charge in [0.25, 0.3) is 0 Å². The van der Waals surface area contributed by atoms with Crippen LogP contribution in [0.2, 0.25) is 0 Å². The molecule has 0 spiro atoms. The number of aromatic nitrogens is 1. The number of rotatable bonds is 3. The molecule has 2 nitrogen and oxygen atoms in total. The van der Waals surface area contributed by atoms with E-state index in [1.165, 1.54) is 0 Å². The Morgan fingerprint density at radius 3 is 2.73 bits per heavy atom. The molecule has 0 N–H and O–H groups in total. The highest BCUT2D eigenvalue weighted by molar-refractivity contribution is 6.13. The Morgan fingerprint density at radius 2 is 2.27 bits per heavy atom. The number of aryl methyl sites for hydroxylation is 1. The molecule has 78 valence electrons. The molecule has 1 heterocycles. The molecule has 0 fully saturated rings. The molecule has 1 aromatic rings. The Morgan fingerprint density at radius 1 is 1.53 bits per heavy atom. The number of nitrogens with zero attached hydrogens (tertiary/aromatic N) is 2. The van der Waals surface area contributed by atoms with Gasteiger partial charge in [-0.3, -0.25) is 9.98 Å². The van der Waals surface area contributed by atoms with Crippen LogP contribution in [-0.4, -0.2) is 17.7 Å². The van der Waals surface area contributed by atoms with Crippen molar-refractivity contribution in [3.05, 3.63) is 53.9 Å². The average molecular weight is 200 g/mol. The van der Waals surface area contributed by atoms with Crippen LogP contribution in [0.25, 0.3) is 0 Å². The zero-order valence-electron chi connectivity index (χ0n) is 9.49. The largest absolute Gasteiger partial charge is 0.286 e. The van der Waals surface area contributed by atoms with Crippen molar-refractivity contribution in [1.29, 1.82) is 0 Å². The molecule has 15 heavy (non-hydrogen) atoms. The first-order valence-electron chi connectivity index (χ1n) is 4.92. The van der Waals surface area contributed by atoms with Crippen LogP contribution < -0.4 is 0 Å². The Labute approximate surface area is 91.1 Å². The Hall–Kier alpha value is -1.70. The minimum absolute atomic E-state index is 0.894. The lowest BCUT2D eigenvalue weighted by atomic mass is 10.0. The Balaban J connectivity index is 3.27. The van der Waals surface area contributed by atoms with Crippen LogP contribution in [0.5, 0.6) is 0 Å². The quantitative estimate of drug-likeness (QED) is 0.544. The fraction of sp³-hybridized carbons (Fsp3) is 0.231. The second-order valence-electron chi connectivity index (χ2n) is 3.19. The predicted molar refractivity (Wildman–Crippen MR) is 65.4 cm³/mol. The first kappa shape index (κ1) is 11.4. The maximum Gasteiger partial charge on any atom is 0.0916 e. The number of hydrogen-bond acceptors (Lipinski definition) is 2. The highest BCUT2D eigenvalue weighted by atomic mass is 14.8. The van der Waals surface area contributed by atoms with Gasteiger partial charge in [0.15, 0.2) is 0 Å². The molecule has 0 amide bonds. The monoisotopic (exact) mass is 200 g/mol. The van der Waals surface area contributed by atoms with Crippen molar-refractivity contribution < 1.29 is 0 Å². The third-order valence-corrected chi connectivity index (χ3v) is 2.26. The third kappa shape index (κ3) is 2.40. The molecule has 0 saturated carbocycles. The number of aliphatic imine (C=N–C) groups is 1. The lowest BCUT2D eigenvalue weighted by Gasteiger charge is -2.08. The molecule has 1 aromatic heterocycles. The molecule has 2 heteroatoms. The van der Waals surface area contributed by atoms with Crippen molar-refractivity contribution in [2.24, 2.45) is 4.99 Å². The summed E-state index contributed by atoms with van der Waals surface area (Å²) >= 11 is 0. The molecular formula is C13H16N2. The molecule has 0 aliphatic carbocycles. The minimum atomic E-state index is 0.894. The van der Waals surface area contributed by atoms with E-state index in [2.05, 4.69) is 16.6 Å². The van der Waals surface area contributed by atoms with Crippen LogP contribution in [0.1, 0.15) is 18.2 Å². The SMILES string of the molecule is C=C/C(=C/C)C(=NC)c1ncccc1C. The van der Waals surface area contributed by atoms with Crippen molar-refractivity contribution in [3.63, 3.8) is 0 Å². The molecular weight excluding hydrogens is 184 g/mol. The van der Waals surface area contributed by atoms with Crippen LogP contribution in [0.4, 0.5) is 0 Å². The molecule has 0 bridgehead atoms. The standard InChI is InChI=1S/C13H16N2/c1-5-11(6-2)13(14-4)12-10(3)8-7-9-15-12/h5-9H,1H2,2-4H3/b11-6-,14-13?. The highest BCUT2D eigenvalue weighted by Gasteiger charge is 2.09. The van der Waals surface area contributed by atoms with Crippen molar-refractivity contribution in [2.75, 3.05) is 7.05 Å². The van der Waals surface area contributed by atoms with Crippen LogP contribution in [-0.2, 0) is 0 Å². The summed E-state index contributed by atoms with van der Waals surface area (Å²) in [6, 6.07) is 3.96. The maximum absolute atomic E-state index is 4.35. The molecule has 0 aliphatic rings.